The molecule has 0 spiro atoms. The minimum atomic E-state index is -0.0364. The van der Waals surface area contributed by atoms with Crippen molar-refractivity contribution in [2.45, 2.75) is 56.6 Å². The Morgan fingerprint density at radius 2 is 1.77 bits per heavy atom. The van der Waals surface area contributed by atoms with Crippen LogP contribution in [0.2, 0.25) is 0 Å². The van der Waals surface area contributed by atoms with Crippen LogP contribution in [-0.2, 0) is 16.8 Å². The molecular weight excluding hydrogens is 392 g/mol. The average molecular weight is 421 g/mol. The molecule has 0 saturated heterocycles. The summed E-state index contributed by atoms with van der Waals surface area (Å²) in [6, 6.07) is 18.4. The summed E-state index contributed by atoms with van der Waals surface area (Å²) in [6.07, 6.45) is 2.34. The number of aromatic nitrogens is 3. The standard InChI is InChI=1S/C24H28N4OS/c1-24(2,3)19-11-13-20(14-12-19)25-21(29)16-30-23-27-26-22(18-9-10-18)28(23)15-17-7-5-4-6-8-17/h4-8,11-14,18H,9-10,15-16H2,1-3H3,(H,25,29). The van der Waals surface area contributed by atoms with E-state index < -0.39 is 0 Å². The highest BCUT2D eigenvalue weighted by atomic mass is 32.2. The van der Waals surface area contributed by atoms with Gasteiger partial charge in [0.2, 0.25) is 5.91 Å². The maximum Gasteiger partial charge on any atom is 0.234 e. The van der Waals surface area contributed by atoms with Crippen LogP contribution >= 0.6 is 11.8 Å². The number of benzene rings is 2. The lowest BCUT2D eigenvalue weighted by molar-refractivity contribution is -0.113. The molecule has 30 heavy (non-hydrogen) atoms. The molecule has 4 rings (SSSR count). The van der Waals surface area contributed by atoms with Crippen LogP contribution in [0.3, 0.4) is 0 Å². The Kier molecular flexibility index (Phi) is 5.95. The van der Waals surface area contributed by atoms with E-state index in [1.165, 1.54) is 35.7 Å². The molecule has 0 atom stereocenters. The zero-order chi connectivity index (χ0) is 21.1. The summed E-state index contributed by atoms with van der Waals surface area (Å²) >= 11 is 1.44. The molecular formula is C24H28N4OS. The molecule has 1 aliphatic carbocycles. The molecule has 0 unspecified atom stereocenters. The summed E-state index contributed by atoms with van der Waals surface area (Å²) in [5.74, 6) is 1.81. The van der Waals surface area contributed by atoms with Gasteiger partial charge in [-0.3, -0.25) is 4.79 Å². The number of hydrogen-bond acceptors (Lipinski definition) is 4. The molecule has 1 aromatic heterocycles. The molecule has 1 amide bonds. The second-order valence-electron chi connectivity index (χ2n) is 8.85. The van der Waals surface area contributed by atoms with Gasteiger partial charge in [-0.25, -0.2) is 0 Å². The van der Waals surface area contributed by atoms with E-state index in [0.717, 1.165) is 23.2 Å². The van der Waals surface area contributed by atoms with Gasteiger partial charge in [0, 0.05) is 11.6 Å². The maximum atomic E-state index is 12.5. The Balaban J connectivity index is 1.40. The van der Waals surface area contributed by atoms with Crippen molar-refractivity contribution in [3.05, 3.63) is 71.5 Å². The summed E-state index contributed by atoms with van der Waals surface area (Å²) in [6.45, 7) is 7.27. The van der Waals surface area contributed by atoms with E-state index in [-0.39, 0.29) is 11.3 Å². The number of nitrogens with zero attached hydrogens (tertiary/aromatic N) is 3. The highest BCUT2D eigenvalue weighted by molar-refractivity contribution is 7.99. The van der Waals surface area contributed by atoms with Gasteiger partial charge in [-0.2, -0.15) is 0 Å². The van der Waals surface area contributed by atoms with Gasteiger partial charge in [0.25, 0.3) is 0 Å². The fourth-order valence-corrected chi connectivity index (χ4v) is 4.09. The summed E-state index contributed by atoms with van der Waals surface area (Å²) in [5, 5.41) is 12.6. The van der Waals surface area contributed by atoms with Crippen LogP contribution in [0.4, 0.5) is 5.69 Å². The van der Waals surface area contributed by atoms with Gasteiger partial charge in [0.15, 0.2) is 5.16 Å². The van der Waals surface area contributed by atoms with E-state index in [1.807, 2.05) is 30.3 Å². The highest BCUT2D eigenvalue weighted by Gasteiger charge is 2.30. The molecule has 6 heteroatoms. The first kappa shape index (κ1) is 20.7. The van der Waals surface area contributed by atoms with Crippen LogP contribution in [0.5, 0.6) is 0 Å². The van der Waals surface area contributed by atoms with Crippen molar-refractivity contribution in [2.75, 3.05) is 11.1 Å². The molecule has 1 heterocycles. The van der Waals surface area contributed by atoms with Crippen LogP contribution in [0, 0.1) is 0 Å². The monoisotopic (exact) mass is 420 g/mol. The van der Waals surface area contributed by atoms with E-state index in [1.54, 1.807) is 0 Å². The van der Waals surface area contributed by atoms with E-state index in [9.17, 15) is 4.79 Å². The van der Waals surface area contributed by atoms with Crippen LogP contribution in [0.15, 0.2) is 59.8 Å². The summed E-state index contributed by atoms with van der Waals surface area (Å²) in [5.41, 5.74) is 3.37. The number of rotatable bonds is 7. The third-order valence-corrected chi connectivity index (χ3v) is 6.21. The number of amides is 1. The number of hydrogen-bond donors (Lipinski definition) is 1. The molecule has 1 aliphatic rings. The lowest BCUT2D eigenvalue weighted by Gasteiger charge is -2.19. The van der Waals surface area contributed by atoms with Gasteiger partial charge in [0.05, 0.1) is 12.3 Å². The van der Waals surface area contributed by atoms with Gasteiger partial charge >= 0.3 is 0 Å². The molecule has 0 radical (unpaired) electrons. The molecule has 5 nitrogen and oxygen atoms in total. The van der Waals surface area contributed by atoms with Crippen molar-refractivity contribution in [3.8, 4) is 0 Å². The van der Waals surface area contributed by atoms with Crippen LogP contribution in [0.25, 0.3) is 0 Å². The van der Waals surface area contributed by atoms with E-state index >= 15 is 0 Å². The average Bonchev–Trinajstić information content (AvgIpc) is 3.49. The minimum absolute atomic E-state index is 0.0364. The molecule has 3 aromatic rings. The number of carbonyl (C=O) groups is 1. The van der Waals surface area contributed by atoms with Gasteiger partial charge in [-0.1, -0.05) is 75.0 Å². The normalized spacial score (nSPS) is 14.0. The fraction of sp³-hybridized carbons (Fsp3) is 0.375. The molecule has 1 N–H and O–H groups in total. The summed E-state index contributed by atoms with van der Waals surface area (Å²) in [7, 11) is 0. The largest absolute Gasteiger partial charge is 0.325 e. The predicted molar refractivity (Wildman–Crippen MR) is 122 cm³/mol. The van der Waals surface area contributed by atoms with Crippen molar-refractivity contribution in [3.63, 3.8) is 0 Å². The number of anilines is 1. The Hall–Kier alpha value is -2.60. The van der Waals surface area contributed by atoms with Crippen molar-refractivity contribution >= 4 is 23.4 Å². The first-order valence-corrected chi connectivity index (χ1v) is 11.4. The Bertz CT molecular complexity index is 1000. The smallest absolute Gasteiger partial charge is 0.234 e. The second-order valence-corrected chi connectivity index (χ2v) is 9.79. The zero-order valence-corrected chi connectivity index (χ0v) is 18.6. The molecule has 156 valence electrons. The summed E-state index contributed by atoms with van der Waals surface area (Å²) < 4.78 is 2.17. The Labute approximate surface area is 182 Å². The number of nitrogens with one attached hydrogen (secondary N) is 1. The lowest BCUT2D eigenvalue weighted by atomic mass is 9.87. The number of thioether (sulfide) groups is 1. The van der Waals surface area contributed by atoms with Crippen molar-refractivity contribution < 1.29 is 4.79 Å². The van der Waals surface area contributed by atoms with Crippen molar-refractivity contribution in [2.24, 2.45) is 0 Å². The maximum absolute atomic E-state index is 12.5. The first-order valence-electron chi connectivity index (χ1n) is 10.4. The Morgan fingerprint density at radius 3 is 2.40 bits per heavy atom. The highest BCUT2D eigenvalue weighted by Crippen LogP contribution is 2.40. The SMILES string of the molecule is CC(C)(C)c1ccc(NC(=O)CSc2nnc(C3CC3)n2Cc2ccccc2)cc1. The van der Waals surface area contributed by atoms with E-state index in [2.05, 4.69) is 65.1 Å². The molecule has 1 fully saturated rings. The molecule has 1 saturated carbocycles. The predicted octanol–water partition coefficient (Wildman–Crippen LogP) is 5.23. The topological polar surface area (TPSA) is 59.8 Å². The quantitative estimate of drug-likeness (QED) is 0.532. The summed E-state index contributed by atoms with van der Waals surface area (Å²) in [4.78, 5) is 12.5. The van der Waals surface area contributed by atoms with Crippen LogP contribution < -0.4 is 5.32 Å². The van der Waals surface area contributed by atoms with Gasteiger partial charge in [-0.05, 0) is 41.5 Å². The van der Waals surface area contributed by atoms with Gasteiger partial charge < -0.3 is 9.88 Å². The fourth-order valence-electron chi connectivity index (χ4n) is 3.35. The van der Waals surface area contributed by atoms with Gasteiger partial charge in [0.1, 0.15) is 5.82 Å². The molecule has 0 aliphatic heterocycles. The van der Waals surface area contributed by atoms with Crippen molar-refractivity contribution in [1.29, 1.82) is 0 Å². The minimum Gasteiger partial charge on any atom is -0.325 e. The van der Waals surface area contributed by atoms with Crippen LogP contribution in [0.1, 0.15) is 56.5 Å². The third kappa shape index (κ3) is 5.11. The number of carbonyl (C=O) groups excluding carboxylic acids is 1. The lowest BCUT2D eigenvalue weighted by Crippen LogP contribution is -2.16. The second kappa shape index (κ2) is 8.64. The van der Waals surface area contributed by atoms with Crippen LogP contribution in [-0.4, -0.2) is 26.4 Å². The van der Waals surface area contributed by atoms with E-state index in [4.69, 9.17) is 0 Å². The van der Waals surface area contributed by atoms with E-state index in [0.29, 0.717) is 11.7 Å². The van der Waals surface area contributed by atoms with Crippen molar-refractivity contribution in [1.82, 2.24) is 14.8 Å². The zero-order valence-electron chi connectivity index (χ0n) is 17.8. The third-order valence-electron chi connectivity index (χ3n) is 5.24. The Morgan fingerprint density at radius 1 is 1.07 bits per heavy atom. The molecule has 2 aromatic carbocycles. The molecule has 0 bridgehead atoms. The first-order chi connectivity index (χ1) is 14.4. The van der Waals surface area contributed by atoms with Gasteiger partial charge in [-0.15, -0.1) is 10.2 Å².